The molecule has 0 heterocycles. The first kappa shape index (κ1) is 13.8. The molecular weight excluding hydrogens is 318 g/mol. The van der Waals surface area contributed by atoms with Crippen molar-refractivity contribution < 1.29 is 9.90 Å². The van der Waals surface area contributed by atoms with Crippen molar-refractivity contribution in [3.8, 4) is 0 Å². The van der Waals surface area contributed by atoms with Gasteiger partial charge in [0.05, 0.1) is 22.7 Å². The average Bonchev–Trinajstić information content (AvgIpc) is 2.35. The van der Waals surface area contributed by atoms with Gasteiger partial charge in [0.1, 0.15) is 0 Å². The van der Waals surface area contributed by atoms with Gasteiger partial charge in [-0.1, -0.05) is 30.5 Å². The van der Waals surface area contributed by atoms with E-state index in [9.17, 15) is 9.90 Å². The van der Waals surface area contributed by atoms with Crippen LogP contribution < -0.4 is 5.32 Å². The molecule has 0 aliphatic heterocycles. The zero-order valence-corrected chi connectivity index (χ0v) is 12.2. The Bertz CT molecular complexity index is 453. The Morgan fingerprint density at radius 1 is 1.39 bits per heavy atom. The summed E-state index contributed by atoms with van der Waals surface area (Å²) in [6.45, 7) is 0. The molecule has 0 saturated heterocycles. The average molecular weight is 333 g/mol. The summed E-state index contributed by atoms with van der Waals surface area (Å²) in [5.41, 5.74) is 0.434. The van der Waals surface area contributed by atoms with E-state index in [1.165, 1.54) is 0 Å². The highest BCUT2D eigenvalue weighted by Crippen LogP contribution is 2.26. The highest BCUT2D eigenvalue weighted by molar-refractivity contribution is 9.10. The SMILES string of the molecule is O=C(N[C@@H]1CCCC[C@H]1O)c1cccc(Br)c1Cl. The van der Waals surface area contributed by atoms with Gasteiger partial charge in [-0.3, -0.25) is 4.79 Å². The number of benzene rings is 1. The third kappa shape index (κ3) is 3.05. The Kier molecular flexibility index (Phi) is 4.65. The molecule has 1 aromatic rings. The number of amides is 1. The number of hydrogen-bond acceptors (Lipinski definition) is 2. The zero-order chi connectivity index (χ0) is 13.1. The van der Waals surface area contributed by atoms with Gasteiger partial charge < -0.3 is 10.4 Å². The van der Waals surface area contributed by atoms with Crippen molar-refractivity contribution in [1.82, 2.24) is 5.32 Å². The molecule has 18 heavy (non-hydrogen) atoms. The lowest BCUT2D eigenvalue weighted by Gasteiger charge is -2.28. The van der Waals surface area contributed by atoms with Crippen LogP contribution in [0.3, 0.4) is 0 Å². The molecule has 2 N–H and O–H groups in total. The van der Waals surface area contributed by atoms with Crippen LogP contribution in [0.5, 0.6) is 0 Å². The van der Waals surface area contributed by atoms with Crippen molar-refractivity contribution in [3.63, 3.8) is 0 Å². The van der Waals surface area contributed by atoms with Gasteiger partial charge in [0.2, 0.25) is 0 Å². The van der Waals surface area contributed by atoms with E-state index in [0.717, 1.165) is 25.7 Å². The first-order valence-electron chi connectivity index (χ1n) is 6.02. The smallest absolute Gasteiger partial charge is 0.253 e. The van der Waals surface area contributed by atoms with Crippen LogP contribution in [0, 0.1) is 0 Å². The van der Waals surface area contributed by atoms with Crippen LogP contribution in [0.4, 0.5) is 0 Å². The summed E-state index contributed by atoms with van der Waals surface area (Å²) in [4.78, 5) is 12.1. The Morgan fingerprint density at radius 3 is 2.83 bits per heavy atom. The van der Waals surface area contributed by atoms with Gasteiger partial charge in [0.15, 0.2) is 0 Å². The second-order valence-corrected chi connectivity index (χ2v) is 5.77. The minimum Gasteiger partial charge on any atom is -0.391 e. The molecule has 2 rings (SSSR count). The van der Waals surface area contributed by atoms with Crippen molar-refractivity contribution >= 4 is 33.4 Å². The summed E-state index contributed by atoms with van der Waals surface area (Å²) < 4.78 is 0.695. The third-order valence-electron chi connectivity index (χ3n) is 3.24. The standard InChI is InChI=1S/C13H15BrClNO2/c14-9-5-3-4-8(12(9)15)13(18)16-10-6-1-2-7-11(10)17/h3-5,10-11,17H,1-2,6-7H2,(H,16,18)/t10-,11-/m1/s1. The molecule has 1 amide bonds. The van der Waals surface area contributed by atoms with Gasteiger partial charge >= 0.3 is 0 Å². The van der Waals surface area contributed by atoms with Gasteiger partial charge in [-0.15, -0.1) is 0 Å². The molecule has 0 spiro atoms. The van der Waals surface area contributed by atoms with E-state index in [-0.39, 0.29) is 11.9 Å². The molecule has 98 valence electrons. The van der Waals surface area contributed by atoms with E-state index >= 15 is 0 Å². The van der Waals surface area contributed by atoms with E-state index in [1.54, 1.807) is 18.2 Å². The van der Waals surface area contributed by atoms with E-state index in [1.807, 2.05) is 0 Å². The summed E-state index contributed by atoms with van der Waals surface area (Å²) in [6, 6.07) is 5.07. The van der Waals surface area contributed by atoms with E-state index < -0.39 is 6.10 Å². The maximum Gasteiger partial charge on any atom is 0.253 e. The molecule has 0 bridgehead atoms. The van der Waals surface area contributed by atoms with Crippen molar-refractivity contribution in [2.75, 3.05) is 0 Å². The second-order valence-electron chi connectivity index (χ2n) is 4.53. The monoisotopic (exact) mass is 331 g/mol. The Labute approximate surface area is 120 Å². The molecule has 3 nitrogen and oxygen atoms in total. The van der Waals surface area contributed by atoms with Crippen LogP contribution in [0.25, 0.3) is 0 Å². The fourth-order valence-corrected chi connectivity index (χ4v) is 2.78. The topological polar surface area (TPSA) is 49.3 Å². The summed E-state index contributed by atoms with van der Waals surface area (Å²) in [7, 11) is 0. The lowest BCUT2D eigenvalue weighted by atomic mass is 9.92. The molecule has 1 aromatic carbocycles. The Balaban J connectivity index is 2.09. The normalized spacial score (nSPS) is 23.7. The van der Waals surface area contributed by atoms with Crippen molar-refractivity contribution in [2.45, 2.75) is 37.8 Å². The Morgan fingerprint density at radius 2 is 2.11 bits per heavy atom. The largest absolute Gasteiger partial charge is 0.391 e. The number of halogens is 2. The van der Waals surface area contributed by atoms with Crippen molar-refractivity contribution in [1.29, 1.82) is 0 Å². The fourth-order valence-electron chi connectivity index (χ4n) is 2.20. The lowest BCUT2D eigenvalue weighted by Crippen LogP contribution is -2.45. The van der Waals surface area contributed by atoms with Crippen LogP contribution in [0.1, 0.15) is 36.0 Å². The van der Waals surface area contributed by atoms with Gasteiger partial charge in [-0.25, -0.2) is 0 Å². The molecular formula is C13H15BrClNO2. The predicted octanol–water partition coefficient (Wildman–Crippen LogP) is 3.14. The molecule has 0 aromatic heterocycles. The third-order valence-corrected chi connectivity index (χ3v) is 4.54. The maximum atomic E-state index is 12.1. The summed E-state index contributed by atoms with van der Waals surface area (Å²) in [5.74, 6) is -0.229. The number of hydrogen-bond donors (Lipinski definition) is 2. The van der Waals surface area contributed by atoms with Gasteiger partial charge in [-0.2, -0.15) is 0 Å². The molecule has 1 saturated carbocycles. The molecule has 2 atom stereocenters. The molecule has 0 radical (unpaired) electrons. The van der Waals surface area contributed by atoms with Crippen LogP contribution in [-0.2, 0) is 0 Å². The summed E-state index contributed by atoms with van der Waals surface area (Å²) in [5, 5.41) is 13.1. The number of carbonyl (C=O) groups is 1. The maximum absolute atomic E-state index is 12.1. The number of aliphatic hydroxyl groups excluding tert-OH is 1. The number of rotatable bonds is 2. The van der Waals surface area contributed by atoms with Gasteiger partial charge in [0, 0.05) is 4.47 Å². The molecule has 0 unspecified atom stereocenters. The quantitative estimate of drug-likeness (QED) is 0.874. The first-order valence-corrected chi connectivity index (χ1v) is 7.19. The van der Waals surface area contributed by atoms with Crippen LogP contribution in [0.2, 0.25) is 5.02 Å². The minimum atomic E-state index is -0.450. The first-order chi connectivity index (χ1) is 8.59. The Hall–Kier alpha value is -0.580. The lowest BCUT2D eigenvalue weighted by molar-refractivity contribution is 0.0717. The highest BCUT2D eigenvalue weighted by atomic mass is 79.9. The second kappa shape index (κ2) is 6.04. The number of nitrogens with one attached hydrogen (secondary N) is 1. The molecule has 1 aliphatic rings. The molecule has 1 aliphatic carbocycles. The van der Waals surface area contributed by atoms with Gasteiger partial charge in [0.25, 0.3) is 5.91 Å². The fraction of sp³-hybridized carbons (Fsp3) is 0.462. The zero-order valence-electron chi connectivity index (χ0n) is 9.83. The van der Waals surface area contributed by atoms with E-state index in [2.05, 4.69) is 21.2 Å². The summed E-state index contributed by atoms with van der Waals surface area (Å²) in [6.07, 6.45) is 3.17. The predicted molar refractivity (Wildman–Crippen MR) is 74.9 cm³/mol. The molecule has 5 heteroatoms. The van der Waals surface area contributed by atoms with E-state index in [0.29, 0.717) is 15.1 Å². The van der Waals surface area contributed by atoms with Crippen molar-refractivity contribution in [3.05, 3.63) is 33.3 Å². The molecule has 1 fully saturated rings. The number of carbonyl (C=O) groups excluding carboxylic acids is 1. The van der Waals surface area contributed by atoms with Crippen LogP contribution in [0.15, 0.2) is 22.7 Å². The summed E-state index contributed by atoms with van der Waals surface area (Å²) >= 11 is 9.36. The van der Waals surface area contributed by atoms with Crippen molar-refractivity contribution in [2.24, 2.45) is 0 Å². The van der Waals surface area contributed by atoms with E-state index in [4.69, 9.17) is 11.6 Å². The highest BCUT2D eigenvalue weighted by Gasteiger charge is 2.25. The minimum absolute atomic E-state index is 0.165. The van der Waals surface area contributed by atoms with Crippen LogP contribution in [-0.4, -0.2) is 23.2 Å². The number of aliphatic hydroxyl groups is 1. The van der Waals surface area contributed by atoms with Crippen LogP contribution >= 0.6 is 27.5 Å². The van der Waals surface area contributed by atoms with Gasteiger partial charge in [-0.05, 0) is 40.9 Å².